The molecule has 0 aliphatic carbocycles. The molecule has 2 rings (SSSR count). The number of hydrogen-bond acceptors (Lipinski definition) is 4. The van der Waals surface area contributed by atoms with Crippen molar-refractivity contribution < 1.29 is 14.3 Å². The number of carbonyl (C=O) groups is 1. The molecule has 0 aromatic carbocycles. The molecule has 0 unspecified atom stereocenters. The molecule has 0 amide bonds. The van der Waals surface area contributed by atoms with E-state index in [2.05, 4.69) is 40.6 Å². The highest BCUT2D eigenvalue weighted by Gasteiger charge is 2.18. The van der Waals surface area contributed by atoms with E-state index in [1.54, 1.807) is 0 Å². The second-order valence-corrected chi connectivity index (χ2v) is 13.3. The minimum atomic E-state index is -1.11. The van der Waals surface area contributed by atoms with Crippen LogP contribution in [0.2, 0.25) is 30.7 Å². The first-order valence-corrected chi connectivity index (χ1v) is 12.1. The summed E-state index contributed by atoms with van der Waals surface area (Å²) in [6, 6.07) is 2.93. The molecule has 23 heavy (non-hydrogen) atoms. The van der Waals surface area contributed by atoms with Gasteiger partial charge in [0.05, 0.1) is 22.3 Å². The number of nitrogens with zero attached hydrogens (tertiary/aromatic N) is 2. The Kier molecular flexibility index (Phi) is 5.88. The highest BCUT2D eigenvalue weighted by atomic mass is 79.9. The molecule has 0 aliphatic heterocycles. The maximum atomic E-state index is 11.7. The van der Waals surface area contributed by atoms with Crippen molar-refractivity contribution in [1.29, 1.82) is 0 Å². The Labute approximate surface area is 150 Å². The van der Waals surface area contributed by atoms with Crippen LogP contribution in [0.3, 0.4) is 0 Å². The number of halogens is 2. The molecule has 0 fully saturated rings. The zero-order valence-electron chi connectivity index (χ0n) is 13.7. The Morgan fingerprint density at radius 3 is 2.74 bits per heavy atom. The van der Waals surface area contributed by atoms with Crippen LogP contribution in [0.5, 0.6) is 0 Å². The summed E-state index contributed by atoms with van der Waals surface area (Å²) in [7, 11) is 0.202. The van der Waals surface area contributed by atoms with Crippen LogP contribution in [0.1, 0.15) is 10.4 Å². The lowest BCUT2D eigenvalue weighted by Gasteiger charge is -2.16. The highest BCUT2D eigenvalue weighted by molar-refractivity contribution is 9.10. The van der Waals surface area contributed by atoms with Crippen LogP contribution in [-0.2, 0) is 16.2 Å². The van der Waals surface area contributed by atoms with E-state index in [4.69, 9.17) is 21.1 Å². The van der Waals surface area contributed by atoms with Gasteiger partial charge in [0.15, 0.2) is 0 Å². The predicted octanol–water partition coefficient (Wildman–Crippen LogP) is 4.55. The highest BCUT2D eigenvalue weighted by Crippen LogP contribution is 2.31. The third kappa shape index (κ3) is 4.35. The molecule has 0 bridgehead atoms. The summed E-state index contributed by atoms with van der Waals surface area (Å²) in [6.45, 7) is 8.04. The van der Waals surface area contributed by atoms with E-state index >= 15 is 0 Å². The number of methoxy groups -OCH3 is 1. The summed E-state index contributed by atoms with van der Waals surface area (Å²) in [5, 5.41) is 1.03. The molecular weight excluding hydrogens is 400 g/mol. The van der Waals surface area contributed by atoms with Crippen LogP contribution in [0.15, 0.2) is 16.9 Å². The Morgan fingerprint density at radius 2 is 2.13 bits per heavy atom. The topological polar surface area (TPSA) is 53.3 Å². The van der Waals surface area contributed by atoms with Gasteiger partial charge < -0.3 is 9.47 Å². The van der Waals surface area contributed by atoms with Gasteiger partial charge >= 0.3 is 5.97 Å². The van der Waals surface area contributed by atoms with E-state index in [9.17, 15) is 4.79 Å². The Hall–Kier alpha value is -0.893. The first-order chi connectivity index (χ1) is 10.7. The summed E-state index contributed by atoms with van der Waals surface area (Å²) >= 11 is 9.80. The van der Waals surface area contributed by atoms with Crippen LogP contribution in [0.4, 0.5) is 0 Å². The van der Waals surface area contributed by atoms with Crippen LogP contribution < -0.4 is 0 Å². The van der Waals surface area contributed by atoms with Gasteiger partial charge in [-0.15, -0.1) is 0 Å². The molecule has 0 atom stereocenters. The molecule has 8 heteroatoms. The Balaban J connectivity index is 2.23. The SMILES string of the molecule is COC(=O)c1cnc2c(cc(Br)n2COCC[Si](C)(C)C)c1Cl. The van der Waals surface area contributed by atoms with Gasteiger partial charge in [0.25, 0.3) is 0 Å². The number of aromatic nitrogens is 2. The second kappa shape index (κ2) is 7.34. The van der Waals surface area contributed by atoms with Gasteiger partial charge in [0.1, 0.15) is 12.4 Å². The average molecular weight is 420 g/mol. The predicted molar refractivity (Wildman–Crippen MR) is 97.9 cm³/mol. The lowest BCUT2D eigenvalue weighted by molar-refractivity contribution is 0.0600. The zero-order chi connectivity index (χ0) is 17.2. The maximum absolute atomic E-state index is 11.7. The smallest absolute Gasteiger partial charge is 0.340 e. The Morgan fingerprint density at radius 1 is 1.43 bits per heavy atom. The summed E-state index contributed by atoms with van der Waals surface area (Å²) < 4.78 is 13.2. The normalized spacial score (nSPS) is 11.9. The molecule has 0 saturated carbocycles. The number of pyridine rings is 1. The number of fused-ring (bicyclic) bond motifs is 1. The van der Waals surface area contributed by atoms with Crippen LogP contribution in [0, 0.1) is 0 Å². The van der Waals surface area contributed by atoms with Crippen LogP contribution in [-0.4, -0.2) is 37.3 Å². The summed E-state index contributed by atoms with van der Waals surface area (Å²) in [4.78, 5) is 16.0. The van der Waals surface area contributed by atoms with E-state index in [-0.39, 0.29) is 5.56 Å². The van der Waals surface area contributed by atoms with Gasteiger partial charge in [-0.2, -0.15) is 0 Å². The molecule has 2 heterocycles. The lowest BCUT2D eigenvalue weighted by Crippen LogP contribution is -2.22. The van der Waals surface area contributed by atoms with Crippen molar-refractivity contribution in [2.24, 2.45) is 0 Å². The summed E-state index contributed by atoms with van der Waals surface area (Å²) in [6.07, 6.45) is 1.43. The summed E-state index contributed by atoms with van der Waals surface area (Å²) in [5.74, 6) is -0.500. The van der Waals surface area contributed by atoms with Gasteiger partial charge in [-0.1, -0.05) is 31.2 Å². The third-order valence-corrected chi connectivity index (χ3v) is 6.20. The van der Waals surface area contributed by atoms with E-state index in [0.29, 0.717) is 22.8 Å². The maximum Gasteiger partial charge on any atom is 0.340 e. The minimum absolute atomic E-state index is 0.256. The number of hydrogen-bond donors (Lipinski definition) is 0. The molecule has 0 N–H and O–H groups in total. The lowest BCUT2D eigenvalue weighted by atomic mass is 10.2. The molecule has 126 valence electrons. The monoisotopic (exact) mass is 418 g/mol. The van der Waals surface area contributed by atoms with Crippen LogP contribution in [0.25, 0.3) is 11.0 Å². The molecule has 0 radical (unpaired) electrons. The molecule has 0 spiro atoms. The van der Waals surface area contributed by atoms with E-state index in [0.717, 1.165) is 17.3 Å². The van der Waals surface area contributed by atoms with E-state index in [1.165, 1.54) is 13.3 Å². The summed E-state index contributed by atoms with van der Waals surface area (Å²) in [5.41, 5.74) is 0.925. The van der Waals surface area contributed by atoms with Crippen molar-refractivity contribution in [2.45, 2.75) is 32.4 Å². The fourth-order valence-electron chi connectivity index (χ4n) is 2.05. The minimum Gasteiger partial charge on any atom is -0.465 e. The fraction of sp³-hybridized carbons (Fsp3) is 0.467. The molecular formula is C15H20BrClN2O3Si. The zero-order valence-corrected chi connectivity index (χ0v) is 17.0. The molecule has 0 aliphatic rings. The van der Waals surface area contributed by atoms with Crippen LogP contribution >= 0.6 is 27.5 Å². The van der Waals surface area contributed by atoms with Crippen molar-refractivity contribution in [3.05, 3.63) is 27.5 Å². The van der Waals surface area contributed by atoms with Crippen molar-refractivity contribution >= 4 is 52.6 Å². The van der Waals surface area contributed by atoms with Crippen molar-refractivity contribution in [2.75, 3.05) is 13.7 Å². The van der Waals surface area contributed by atoms with Gasteiger partial charge in [-0.3, -0.25) is 4.57 Å². The van der Waals surface area contributed by atoms with Gasteiger partial charge in [0.2, 0.25) is 0 Å². The van der Waals surface area contributed by atoms with Crippen molar-refractivity contribution in [3.8, 4) is 0 Å². The number of ether oxygens (including phenoxy) is 2. The van der Waals surface area contributed by atoms with Gasteiger partial charge in [0, 0.05) is 26.3 Å². The largest absolute Gasteiger partial charge is 0.465 e. The van der Waals surface area contributed by atoms with E-state index in [1.807, 2.05) is 10.6 Å². The average Bonchev–Trinajstić information content (AvgIpc) is 2.79. The first-order valence-electron chi connectivity index (χ1n) is 7.24. The van der Waals surface area contributed by atoms with E-state index < -0.39 is 14.0 Å². The van der Waals surface area contributed by atoms with Crippen molar-refractivity contribution in [3.63, 3.8) is 0 Å². The molecule has 0 saturated heterocycles. The number of carbonyl (C=O) groups excluding carboxylic acids is 1. The number of rotatable bonds is 6. The Bertz CT molecular complexity index is 728. The van der Waals surface area contributed by atoms with Gasteiger partial charge in [-0.05, 0) is 28.0 Å². The number of esters is 1. The third-order valence-electron chi connectivity index (χ3n) is 3.43. The van der Waals surface area contributed by atoms with Crippen molar-refractivity contribution in [1.82, 2.24) is 9.55 Å². The molecule has 2 aromatic rings. The quantitative estimate of drug-likeness (QED) is 0.391. The second-order valence-electron chi connectivity index (χ2n) is 6.46. The van der Waals surface area contributed by atoms with Gasteiger partial charge in [-0.25, -0.2) is 9.78 Å². The first kappa shape index (κ1) is 18.4. The molecule has 5 nitrogen and oxygen atoms in total. The molecule has 2 aromatic heterocycles. The fourth-order valence-corrected chi connectivity index (χ4v) is 3.57. The standard InChI is InChI=1S/C15H20BrClN2O3Si/c1-21-15(20)11-8-18-14-10(13(11)17)7-12(16)19(14)9-22-5-6-23(2,3)4/h7-8H,5-6,9H2,1-4H3.